The van der Waals surface area contributed by atoms with Crippen molar-refractivity contribution < 1.29 is 4.79 Å². The normalized spacial score (nSPS) is 15.1. The number of amides is 1. The number of nitrogens with zero attached hydrogens (tertiary/aromatic N) is 3. The summed E-state index contributed by atoms with van der Waals surface area (Å²) >= 11 is 0. The predicted molar refractivity (Wildman–Crippen MR) is 107 cm³/mol. The Hall–Kier alpha value is -2.88. The Bertz CT molecular complexity index is 894. The van der Waals surface area contributed by atoms with Gasteiger partial charge in [-0.15, -0.1) is 0 Å². The van der Waals surface area contributed by atoms with Crippen LogP contribution in [-0.2, 0) is 11.2 Å². The molecule has 4 rings (SSSR count). The van der Waals surface area contributed by atoms with Crippen LogP contribution in [0.2, 0.25) is 0 Å². The fraction of sp³-hybridized carbons (Fsp3) is 0.304. The van der Waals surface area contributed by atoms with Gasteiger partial charge in [0.1, 0.15) is 5.82 Å². The van der Waals surface area contributed by atoms with Gasteiger partial charge < -0.3 is 9.47 Å². The van der Waals surface area contributed by atoms with Crippen LogP contribution in [0.4, 0.5) is 0 Å². The average Bonchev–Trinajstić information content (AvgIpc) is 3.11. The third-order valence-electron chi connectivity index (χ3n) is 5.39. The molecule has 0 spiro atoms. The summed E-state index contributed by atoms with van der Waals surface area (Å²) in [7, 11) is 0. The fourth-order valence-corrected chi connectivity index (χ4v) is 3.96. The van der Waals surface area contributed by atoms with Crippen LogP contribution >= 0.6 is 0 Å². The Balaban J connectivity index is 1.44. The minimum atomic E-state index is 0.227. The quantitative estimate of drug-likeness (QED) is 0.698. The highest BCUT2D eigenvalue weighted by Crippen LogP contribution is 2.30. The summed E-state index contributed by atoms with van der Waals surface area (Å²) in [5.74, 6) is 1.26. The van der Waals surface area contributed by atoms with Gasteiger partial charge in [0.25, 0.3) is 0 Å². The lowest BCUT2D eigenvalue weighted by Gasteiger charge is -2.34. The number of carbonyl (C=O) groups is 1. The molecular weight excluding hydrogens is 334 g/mol. The zero-order valence-electron chi connectivity index (χ0n) is 15.7. The van der Waals surface area contributed by atoms with Crippen molar-refractivity contribution >= 4 is 5.91 Å². The number of imidazole rings is 1. The molecule has 27 heavy (non-hydrogen) atoms. The van der Waals surface area contributed by atoms with Crippen molar-refractivity contribution in [2.45, 2.75) is 32.2 Å². The van der Waals surface area contributed by atoms with Gasteiger partial charge in [-0.1, -0.05) is 60.7 Å². The van der Waals surface area contributed by atoms with E-state index in [4.69, 9.17) is 0 Å². The van der Waals surface area contributed by atoms with Gasteiger partial charge in [0.05, 0.1) is 6.42 Å². The van der Waals surface area contributed by atoms with Crippen LogP contribution in [0.3, 0.4) is 0 Å². The zero-order chi connectivity index (χ0) is 18.6. The fourth-order valence-electron chi connectivity index (χ4n) is 3.96. The largest absolute Gasteiger partial charge is 0.342 e. The molecule has 138 valence electrons. The van der Waals surface area contributed by atoms with E-state index in [0.29, 0.717) is 12.5 Å². The number of likely N-dealkylation sites (tertiary alicyclic amines) is 1. The lowest BCUT2D eigenvalue weighted by Crippen LogP contribution is -2.40. The van der Waals surface area contributed by atoms with Gasteiger partial charge in [-0.05, 0) is 25.3 Å². The van der Waals surface area contributed by atoms with Crippen molar-refractivity contribution in [3.63, 3.8) is 0 Å². The number of benzene rings is 2. The van der Waals surface area contributed by atoms with Crippen LogP contribution in [-0.4, -0.2) is 33.4 Å². The maximum atomic E-state index is 12.6. The molecule has 1 amide bonds. The molecule has 1 aromatic heterocycles. The first kappa shape index (κ1) is 17.5. The van der Waals surface area contributed by atoms with E-state index in [-0.39, 0.29) is 5.91 Å². The monoisotopic (exact) mass is 359 g/mol. The molecule has 0 unspecified atom stereocenters. The molecule has 0 atom stereocenters. The summed E-state index contributed by atoms with van der Waals surface area (Å²) in [4.78, 5) is 19.3. The Morgan fingerprint density at radius 3 is 2.30 bits per heavy atom. The summed E-state index contributed by atoms with van der Waals surface area (Å²) in [5.41, 5.74) is 3.41. The van der Waals surface area contributed by atoms with Gasteiger partial charge in [0.2, 0.25) is 5.91 Å². The molecule has 1 aliphatic heterocycles. The average molecular weight is 359 g/mol. The molecule has 4 nitrogen and oxygen atoms in total. The first-order valence-electron chi connectivity index (χ1n) is 9.63. The molecule has 0 bridgehead atoms. The molecular formula is C23H25N3O. The Labute approximate surface area is 160 Å². The standard InChI is InChI=1S/C23H25N3O/c1-18-17-24-23(20-10-6-3-7-11-20)26(18)21-12-14-25(15-13-21)22(27)16-19-8-4-2-5-9-19/h2-11,17,21H,12-16H2,1H3. The number of hydrogen-bond acceptors (Lipinski definition) is 2. The molecule has 1 aliphatic rings. The van der Waals surface area contributed by atoms with E-state index >= 15 is 0 Å². The van der Waals surface area contributed by atoms with Gasteiger partial charge in [-0.3, -0.25) is 4.79 Å². The van der Waals surface area contributed by atoms with Gasteiger partial charge in [-0.25, -0.2) is 4.98 Å². The molecule has 0 aliphatic carbocycles. The van der Waals surface area contributed by atoms with Gasteiger partial charge in [0.15, 0.2) is 0 Å². The molecule has 4 heteroatoms. The van der Waals surface area contributed by atoms with E-state index < -0.39 is 0 Å². The molecule has 3 aromatic rings. The molecule has 0 N–H and O–H groups in total. The first-order valence-corrected chi connectivity index (χ1v) is 9.63. The predicted octanol–water partition coefficient (Wildman–Crippen LogP) is 4.26. The van der Waals surface area contributed by atoms with E-state index in [0.717, 1.165) is 42.9 Å². The third-order valence-corrected chi connectivity index (χ3v) is 5.39. The van der Waals surface area contributed by atoms with E-state index in [2.05, 4.69) is 40.7 Å². The lowest BCUT2D eigenvalue weighted by atomic mass is 10.0. The van der Waals surface area contributed by atoms with Crippen LogP contribution in [0.1, 0.15) is 30.1 Å². The number of carbonyl (C=O) groups excluding carboxylic acids is 1. The van der Waals surface area contributed by atoms with Crippen LogP contribution < -0.4 is 0 Å². The van der Waals surface area contributed by atoms with Crippen molar-refractivity contribution in [3.8, 4) is 11.4 Å². The van der Waals surface area contributed by atoms with Crippen molar-refractivity contribution in [3.05, 3.63) is 78.1 Å². The highest BCUT2D eigenvalue weighted by molar-refractivity contribution is 5.78. The van der Waals surface area contributed by atoms with E-state index in [1.807, 2.05) is 47.5 Å². The van der Waals surface area contributed by atoms with Crippen LogP contribution in [0, 0.1) is 6.92 Å². The summed E-state index contributed by atoms with van der Waals surface area (Å²) in [6, 6.07) is 20.7. The number of piperidine rings is 1. The second-order valence-corrected chi connectivity index (χ2v) is 7.23. The maximum absolute atomic E-state index is 12.6. The molecule has 0 saturated carbocycles. The number of aryl methyl sites for hydroxylation is 1. The number of aromatic nitrogens is 2. The van der Waals surface area contributed by atoms with Gasteiger partial charge >= 0.3 is 0 Å². The molecule has 2 heterocycles. The van der Waals surface area contributed by atoms with Gasteiger partial charge in [0, 0.05) is 36.6 Å². The highest BCUT2D eigenvalue weighted by Gasteiger charge is 2.26. The molecule has 1 fully saturated rings. The van der Waals surface area contributed by atoms with E-state index in [9.17, 15) is 4.79 Å². The van der Waals surface area contributed by atoms with E-state index in [1.165, 1.54) is 5.69 Å². The molecule has 1 saturated heterocycles. The molecule has 2 aromatic carbocycles. The number of hydrogen-bond donors (Lipinski definition) is 0. The Morgan fingerprint density at radius 1 is 1.00 bits per heavy atom. The maximum Gasteiger partial charge on any atom is 0.226 e. The smallest absolute Gasteiger partial charge is 0.226 e. The summed E-state index contributed by atoms with van der Waals surface area (Å²) in [5, 5.41) is 0. The first-order chi connectivity index (χ1) is 13.2. The van der Waals surface area contributed by atoms with Crippen LogP contribution in [0.15, 0.2) is 66.9 Å². The van der Waals surface area contributed by atoms with Crippen molar-refractivity contribution in [2.24, 2.45) is 0 Å². The van der Waals surface area contributed by atoms with Crippen molar-refractivity contribution in [1.82, 2.24) is 14.5 Å². The van der Waals surface area contributed by atoms with Crippen molar-refractivity contribution in [2.75, 3.05) is 13.1 Å². The van der Waals surface area contributed by atoms with Crippen LogP contribution in [0.5, 0.6) is 0 Å². The van der Waals surface area contributed by atoms with Crippen molar-refractivity contribution in [1.29, 1.82) is 0 Å². The third kappa shape index (κ3) is 3.80. The second kappa shape index (κ2) is 7.78. The second-order valence-electron chi connectivity index (χ2n) is 7.23. The van der Waals surface area contributed by atoms with Crippen LogP contribution in [0.25, 0.3) is 11.4 Å². The Kier molecular flexibility index (Phi) is 5.05. The SMILES string of the molecule is Cc1cnc(-c2ccccc2)n1C1CCN(C(=O)Cc2ccccc2)CC1. The van der Waals surface area contributed by atoms with Gasteiger partial charge in [-0.2, -0.15) is 0 Å². The molecule has 0 radical (unpaired) electrons. The Morgan fingerprint density at radius 2 is 1.63 bits per heavy atom. The summed E-state index contributed by atoms with van der Waals surface area (Å²) in [6.45, 7) is 3.73. The lowest BCUT2D eigenvalue weighted by molar-refractivity contribution is -0.131. The minimum Gasteiger partial charge on any atom is -0.342 e. The summed E-state index contributed by atoms with van der Waals surface area (Å²) in [6.07, 6.45) is 4.38. The summed E-state index contributed by atoms with van der Waals surface area (Å²) < 4.78 is 2.36. The topological polar surface area (TPSA) is 38.1 Å². The zero-order valence-corrected chi connectivity index (χ0v) is 15.7. The van der Waals surface area contributed by atoms with E-state index in [1.54, 1.807) is 0 Å². The highest BCUT2D eigenvalue weighted by atomic mass is 16.2. The minimum absolute atomic E-state index is 0.227. The number of rotatable bonds is 4.